The summed E-state index contributed by atoms with van der Waals surface area (Å²) in [5, 5.41) is 1.24. The second-order valence-corrected chi connectivity index (χ2v) is 7.11. The fourth-order valence-corrected chi connectivity index (χ4v) is 3.61. The predicted octanol–water partition coefficient (Wildman–Crippen LogP) is 3.55. The molecule has 2 heterocycles. The summed E-state index contributed by atoms with van der Waals surface area (Å²) in [6.45, 7) is 6.29. The van der Waals surface area contributed by atoms with Crippen LogP contribution in [0.3, 0.4) is 0 Å². The fraction of sp³-hybridized carbons (Fsp3) is 0.500. The zero-order valence-corrected chi connectivity index (χ0v) is 15.2. The van der Waals surface area contributed by atoms with Gasteiger partial charge in [0.25, 0.3) is 0 Å². The summed E-state index contributed by atoms with van der Waals surface area (Å²) in [4.78, 5) is 20.9. The minimum absolute atomic E-state index is 0.245. The molecule has 24 heavy (non-hydrogen) atoms. The molecule has 0 bridgehead atoms. The van der Waals surface area contributed by atoms with Gasteiger partial charge in [0.1, 0.15) is 0 Å². The van der Waals surface area contributed by atoms with Gasteiger partial charge < -0.3 is 9.80 Å². The molecule has 4 nitrogen and oxygen atoms in total. The summed E-state index contributed by atoms with van der Waals surface area (Å²) in [5.41, 5.74) is 4.78. The molecule has 128 valence electrons. The number of benzene rings is 1. The molecule has 3 rings (SSSR count). The normalized spacial score (nSPS) is 15.8. The summed E-state index contributed by atoms with van der Waals surface area (Å²) in [7, 11) is 3.68. The van der Waals surface area contributed by atoms with Gasteiger partial charge in [0.2, 0.25) is 5.91 Å². The van der Waals surface area contributed by atoms with Gasteiger partial charge in [0, 0.05) is 44.7 Å². The van der Waals surface area contributed by atoms with E-state index in [0.717, 1.165) is 37.1 Å². The van der Waals surface area contributed by atoms with E-state index in [1.807, 2.05) is 20.2 Å². The number of aromatic nitrogens is 1. The molecule has 1 fully saturated rings. The number of amides is 1. The van der Waals surface area contributed by atoms with E-state index in [2.05, 4.69) is 36.9 Å². The number of nitrogens with zero attached hydrogens (tertiary/aromatic N) is 3. The molecule has 4 heteroatoms. The topological polar surface area (TPSA) is 36.4 Å². The molecule has 1 amide bonds. The third-order valence-corrected chi connectivity index (χ3v) is 5.24. The van der Waals surface area contributed by atoms with Crippen molar-refractivity contribution < 1.29 is 4.79 Å². The standard InChI is InChI=1S/C20H27N3O/c1-14-15(2)21-18-8-6-5-7-17(18)20(14)23-11-9-16(10-12-23)13-19(24)22(3)4/h5-8,16H,9-13H2,1-4H3. The molecule has 0 radical (unpaired) electrons. The molecule has 1 aliphatic heterocycles. The van der Waals surface area contributed by atoms with E-state index in [1.54, 1.807) is 4.90 Å². The monoisotopic (exact) mass is 325 g/mol. The number of piperidine rings is 1. The SMILES string of the molecule is Cc1nc2ccccc2c(N2CCC(CC(=O)N(C)C)CC2)c1C. The highest BCUT2D eigenvalue weighted by molar-refractivity contribution is 5.93. The maximum Gasteiger partial charge on any atom is 0.222 e. The number of para-hydroxylation sites is 1. The molecule has 0 N–H and O–H groups in total. The molecule has 0 unspecified atom stereocenters. The zero-order chi connectivity index (χ0) is 17.3. The number of anilines is 1. The van der Waals surface area contributed by atoms with Gasteiger partial charge in [-0.05, 0) is 44.2 Å². The van der Waals surface area contributed by atoms with Crippen molar-refractivity contribution in [1.82, 2.24) is 9.88 Å². The minimum Gasteiger partial charge on any atom is -0.371 e. The molecule has 0 spiro atoms. The van der Waals surface area contributed by atoms with Gasteiger partial charge in [-0.15, -0.1) is 0 Å². The quantitative estimate of drug-likeness (QED) is 0.866. The van der Waals surface area contributed by atoms with Crippen LogP contribution in [-0.2, 0) is 4.79 Å². The molecule has 1 saturated heterocycles. The fourth-order valence-electron chi connectivity index (χ4n) is 3.61. The number of hydrogen-bond donors (Lipinski definition) is 0. The molecule has 1 aliphatic rings. The van der Waals surface area contributed by atoms with E-state index in [1.165, 1.54) is 16.6 Å². The van der Waals surface area contributed by atoms with E-state index >= 15 is 0 Å². The summed E-state index contributed by atoms with van der Waals surface area (Å²) in [6, 6.07) is 8.40. The van der Waals surface area contributed by atoms with Gasteiger partial charge in [-0.1, -0.05) is 18.2 Å². The van der Waals surface area contributed by atoms with Crippen LogP contribution >= 0.6 is 0 Å². The van der Waals surface area contributed by atoms with E-state index in [0.29, 0.717) is 12.3 Å². The second-order valence-electron chi connectivity index (χ2n) is 7.11. The first-order chi connectivity index (χ1) is 11.5. The third-order valence-electron chi connectivity index (χ3n) is 5.24. The summed E-state index contributed by atoms with van der Waals surface area (Å²) < 4.78 is 0. The minimum atomic E-state index is 0.245. The molecule has 2 aromatic rings. The Hall–Kier alpha value is -2.10. The average Bonchev–Trinajstić information content (AvgIpc) is 2.57. The maximum atomic E-state index is 11.9. The molecular formula is C20H27N3O. The van der Waals surface area contributed by atoms with Gasteiger partial charge in [-0.25, -0.2) is 0 Å². The van der Waals surface area contributed by atoms with Crippen LogP contribution in [-0.4, -0.2) is 43.0 Å². The van der Waals surface area contributed by atoms with E-state index in [4.69, 9.17) is 4.98 Å². The Bertz CT molecular complexity index is 746. The molecule has 0 saturated carbocycles. The number of aryl methyl sites for hydroxylation is 1. The number of pyridine rings is 1. The number of rotatable bonds is 3. The molecule has 0 atom stereocenters. The van der Waals surface area contributed by atoms with Crippen LogP contribution in [0.15, 0.2) is 24.3 Å². The lowest BCUT2D eigenvalue weighted by molar-refractivity contribution is -0.129. The van der Waals surface area contributed by atoms with Gasteiger partial charge in [-0.3, -0.25) is 9.78 Å². The van der Waals surface area contributed by atoms with Crippen LogP contribution in [0.1, 0.15) is 30.5 Å². The Morgan fingerprint density at radius 3 is 2.54 bits per heavy atom. The van der Waals surface area contributed by atoms with Crippen molar-refractivity contribution in [2.24, 2.45) is 5.92 Å². The van der Waals surface area contributed by atoms with Gasteiger partial charge in [-0.2, -0.15) is 0 Å². The summed E-state index contributed by atoms with van der Waals surface area (Å²) >= 11 is 0. The Morgan fingerprint density at radius 2 is 1.88 bits per heavy atom. The Morgan fingerprint density at radius 1 is 1.21 bits per heavy atom. The first-order valence-electron chi connectivity index (χ1n) is 8.78. The largest absolute Gasteiger partial charge is 0.371 e. The van der Waals surface area contributed by atoms with Crippen LogP contribution < -0.4 is 4.90 Å². The Labute approximate surface area is 144 Å². The highest BCUT2D eigenvalue weighted by Gasteiger charge is 2.24. The Balaban J connectivity index is 1.81. The summed E-state index contributed by atoms with van der Waals surface area (Å²) in [5.74, 6) is 0.750. The first kappa shape index (κ1) is 16.7. The maximum absolute atomic E-state index is 11.9. The Kier molecular flexibility index (Phi) is 4.74. The molecular weight excluding hydrogens is 298 g/mol. The molecule has 1 aromatic heterocycles. The third kappa shape index (κ3) is 3.23. The predicted molar refractivity (Wildman–Crippen MR) is 99.5 cm³/mol. The first-order valence-corrected chi connectivity index (χ1v) is 8.78. The van der Waals surface area contributed by atoms with Gasteiger partial charge >= 0.3 is 0 Å². The van der Waals surface area contributed by atoms with Crippen LogP contribution in [0.5, 0.6) is 0 Å². The molecule has 1 aromatic carbocycles. The van der Waals surface area contributed by atoms with E-state index in [-0.39, 0.29) is 5.91 Å². The van der Waals surface area contributed by atoms with Gasteiger partial charge in [0.15, 0.2) is 0 Å². The van der Waals surface area contributed by atoms with Crippen molar-refractivity contribution >= 4 is 22.5 Å². The van der Waals surface area contributed by atoms with Crippen molar-refractivity contribution in [3.8, 4) is 0 Å². The molecule has 0 aliphatic carbocycles. The van der Waals surface area contributed by atoms with Crippen LogP contribution in [0, 0.1) is 19.8 Å². The highest BCUT2D eigenvalue weighted by atomic mass is 16.2. The van der Waals surface area contributed by atoms with Crippen molar-refractivity contribution in [3.05, 3.63) is 35.5 Å². The van der Waals surface area contributed by atoms with Crippen LogP contribution in [0.25, 0.3) is 10.9 Å². The zero-order valence-electron chi connectivity index (χ0n) is 15.2. The smallest absolute Gasteiger partial charge is 0.222 e. The van der Waals surface area contributed by atoms with Crippen molar-refractivity contribution in [3.63, 3.8) is 0 Å². The van der Waals surface area contributed by atoms with E-state index < -0.39 is 0 Å². The van der Waals surface area contributed by atoms with Gasteiger partial charge in [0.05, 0.1) is 11.2 Å². The second kappa shape index (κ2) is 6.80. The van der Waals surface area contributed by atoms with Crippen LogP contribution in [0.2, 0.25) is 0 Å². The summed E-state index contributed by atoms with van der Waals surface area (Å²) in [6.07, 6.45) is 2.83. The van der Waals surface area contributed by atoms with Crippen molar-refractivity contribution in [1.29, 1.82) is 0 Å². The number of carbonyl (C=O) groups excluding carboxylic acids is 1. The van der Waals surface area contributed by atoms with Crippen molar-refractivity contribution in [2.45, 2.75) is 33.1 Å². The van der Waals surface area contributed by atoms with Crippen LogP contribution in [0.4, 0.5) is 5.69 Å². The van der Waals surface area contributed by atoms with Crippen molar-refractivity contribution in [2.75, 3.05) is 32.1 Å². The number of carbonyl (C=O) groups is 1. The lowest BCUT2D eigenvalue weighted by Gasteiger charge is -2.35. The number of fused-ring (bicyclic) bond motifs is 1. The average molecular weight is 325 g/mol. The lowest BCUT2D eigenvalue weighted by Crippen LogP contribution is -2.36. The van der Waals surface area contributed by atoms with E-state index in [9.17, 15) is 4.79 Å². The highest BCUT2D eigenvalue weighted by Crippen LogP contribution is 2.34. The number of hydrogen-bond acceptors (Lipinski definition) is 3. The lowest BCUT2D eigenvalue weighted by atomic mass is 9.92.